The van der Waals surface area contributed by atoms with E-state index >= 15 is 0 Å². The van der Waals surface area contributed by atoms with Gasteiger partial charge in [-0.1, -0.05) is 51.8 Å². The highest BCUT2D eigenvalue weighted by molar-refractivity contribution is 9.10. The number of anilines is 1. The monoisotopic (exact) mass is 527 g/mol. The average molecular weight is 529 g/mol. The quantitative estimate of drug-likeness (QED) is 0.160. The minimum absolute atomic E-state index is 0.239. The highest BCUT2D eigenvalue weighted by Crippen LogP contribution is 2.23. The van der Waals surface area contributed by atoms with Crippen molar-refractivity contribution in [3.63, 3.8) is 0 Å². The number of rotatable bonds is 5. The van der Waals surface area contributed by atoms with Crippen molar-refractivity contribution in [3.8, 4) is 5.75 Å². The lowest BCUT2D eigenvalue weighted by atomic mass is 10.1. The number of aryl methyl sites for hydroxylation is 2. The second-order valence-corrected chi connectivity index (χ2v) is 8.33. The molecular formula is C24H19BrClN3O4. The summed E-state index contributed by atoms with van der Waals surface area (Å²) in [5, 5.41) is 6.72. The molecule has 7 nitrogen and oxygen atoms in total. The van der Waals surface area contributed by atoms with Crippen molar-refractivity contribution in [2.45, 2.75) is 13.8 Å². The van der Waals surface area contributed by atoms with Crippen LogP contribution < -0.4 is 15.5 Å². The molecule has 168 valence electrons. The average Bonchev–Trinajstić information content (AvgIpc) is 2.78. The van der Waals surface area contributed by atoms with Crippen LogP contribution in [0.1, 0.15) is 27.0 Å². The van der Waals surface area contributed by atoms with E-state index in [4.69, 9.17) is 16.3 Å². The van der Waals surface area contributed by atoms with Gasteiger partial charge in [0.05, 0.1) is 11.8 Å². The second kappa shape index (κ2) is 10.9. The number of carbonyl (C=O) groups excluding carboxylic acids is 3. The van der Waals surface area contributed by atoms with Crippen LogP contribution in [0.5, 0.6) is 5.75 Å². The number of halogens is 2. The molecule has 0 aliphatic rings. The van der Waals surface area contributed by atoms with Gasteiger partial charge in [-0.05, 0) is 61.4 Å². The van der Waals surface area contributed by atoms with Crippen molar-refractivity contribution in [1.29, 1.82) is 0 Å². The summed E-state index contributed by atoms with van der Waals surface area (Å²) in [5.74, 6) is -2.17. The van der Waals surface area contributed by atoms with E-state index in [-0.39, 0.29) is 5.75 Å². The molecule has 33 heavy (non-hydrogen) atoms. The molecule has 0 saturated carbocycles. The molecule has 0 aliphatic heterocycles. The van der Waals surface area contributed by atoms with Crippen LogP contribution in [0.4, 0.5) is 5.69 Å². The number of nitrogens with one attached hydrogen (secondary N) is 2. The van der Waals surface area contributed by atoms with E-state index in [0.717, 1.165) is 11.1 Å². The topological polar surface area (TPSA) is 96.9 Å². The molecule has 0 saturated heterocycles. The predicted octanol–water partition coefficient (Wildman–Crippen LogP) is 5.03. The Hall–Kier alpha value is -3.49. The number of amides is 2. The fourth-order valence-corrected chi connectivity index (χ4v) is 3.30. The maximum Gasteiger partial charge on any atom is 0.343 e. The lowest BCUT2D eigenvalue weighted by Crippen LogP contribution is -2.32. The van der Waals surface area contributed by atoms with Crippen LogP contribution in [-0.4, -0.2) is 24.0 Å². The summed E-state index contributed by atoms with van der Waals surface area (Å²) >= 11 is 9.37. The maximum atomic E-state index is 12.6. The van der Waals surface area contributed by atoms with Crippen molar-refractivity contribution in [3.05, 3.63) is 92.4 Å². The van der Waals surface area contributed by atoms with Crippen LogP contribution in [-0.2, 0) is 9.59 Å². The SMILES string of the molecule is Cc1ccc(NC(=O)C(=O)N/N=C/c2cc(Br)ccc2OC(=O)c2ccccc2C)cc1Cl. The van der Waals surface area contributed by atoms with Crippen molar-refractivity contribution in [1.82, 2.24) is 5.43 Å². The highest BCUT2D eigenvalue weighted by atomic mass is 79.9. The summed E-state index contributed by atoms with van der Waals surface area (Å²) in [7, 11) is 0. The summed E-state index contributed by atoms with van der Waals surface area (Å²) in [6.07, 6.45) is 1.28. The Morgan fingerprint density at radius 2 is 1.73 bits per heavy atom. The number of benzene rings is 3. The van der Waals surface area contributed by atoms with E-state index < -0.39 is 17.8 Å². The Balaban J connectivity index is 1.67. The normalized spacial score (nSPS) is 10.7. The molecule has 0 heterocycles. The number of hydrogen-bond donors (Lipinski definition) is 2. The molecule has 0 spiro atoms. The van der Waals surface area contributed by atoms with Crippen molar-refractivity contribution >= 4 is 57.2 Å². The molecule has 3 aromatic rings. The zero-order valence-electron chi connectivity index (χ0n) is 17.7. The van der Waals surface area contributed by atoms with E-state index in [0.29, 0.717) is 26.3 Å². The van der Waals surface area contributed by atoms with Gasteiger partial charge in [0.15, 0.2) is 0 Å². The Labute approximate surface area is 203 Å². The molecule has 0 aromatic heterocycles. The van der Waals surface area contributed by atoms with Crippen LogP contribution in [0.2, 0.25) is 5.02 Å². The summed E-state index contributed by atoms with van der Waals surface area (Å²) in [6, 6.07) is 16.9. The Kier molecular flexibility index (Phi) is 7.97. The van der Waals surface area contributed by atoms with Gasteiger partial charge in [-0.15, -0.1) is 0 Å². The van der Waals surface area contributed by atoms with Gasteiger partial charge in [-0.2, -0.15) is 5.10 Å². The van der Waals surface area contributed by atoms with Gasteiger partial charge in [0.2, 0.25) is 0 Å². The molecule has 0 aliphatic carbocycles. The molecule has 2 amide bonds. The van der Waals surface area contributed by atoms with Gasteiger partial charge in [-0.25, -0.2) is 10.2 Å². The minimum Gasteiger partial charge on any atom is -0.422 e. The van der Waals surface area contributed by atoms with Crippen LogP contribution in [0, 0.1) is 13.8 Å². The highest BCUT2D eigenvalue weighted by Gasteiger charge is 2.15. The van der Waals surface area contributed by atoms with Crippen LogP contribution >= 0.6 is 27.5 Å². The Morgan fingerprint density at radius 3 is 2.45 bits per heavy atom. The zero-order valence-corrected chi connectivity index (χ0v) is 20.0. The van der Waals surface area contributed by atoms with Gasteiger partial charge in [-0.3, -0.25) is 9.59 Å². The van der Waals surface area contributed by atoms with E-state index in [2.05, 4.69) is 31.8 Å². The van der Waals surface area contributed by atoms with Crippen molar-refractivity contribution < 1.29 is 19.1 Å². The third-order valence-corrected chi connectivity index (χ3v) is 5.45. The van der Waals surface area contributed by atoms with E-state index in [1.54, 1.807) is 48.5 Å². The van der Waals surface area contributed by atoms with E-state index in [1.165, 1.54) is 6.21 Å². The summed E-state index contributed by atoms with van der Waals surface area (Å²) < 4.78 is 6.23. The lowest BCUT2D eigenvalue weighted by Gasteiger charge is -2.09. The minimum atomic E-state index is -0.976. The van der Waals surface area contributed by atoms with Gasteiger partial charge in [0, 0.05) is 20.7 Å². The first-order valence-electron chi connectivity index (χ1n) is 9.72. The van der Waals surface area contributed by atoms with Gasteiger partial charge < -0.3 is 10.1 Å². The van der Waals surface area contributed by atoms with E-state index in [1.807, 2.05) is 26.0 Å². The molecule has 0 radical (unpaired) electrons. The largest absolute Gasteiger partial charge is 0.422 e. The summed E-state index contributed by atoms with van der Waals surface area (Å²) in [4.78, 5) is 36.7. The lowest BCUT2D eigenvalue weighted by molar-refractivity contribution is -0.136. The number of carbonyl (C=O) groups is 3. The first-order chi connectivity index (χ1) is 15.7. The molecule has 0 fully saturated rings. The second-order valence-electron chi connectivity index (χ2n) is 7.00. The van der Waals surface area contributed by atoms with E-state index in [9.17, 15) is 14.4 Å². The molecule has 9 heteroatoms. The van der Waals surface area contributed by atoms with Gasteiger partial charge in [0.25, 0.3) is 0 Å². The fourth-order valence-electron chi connectivity index (χ4n) is 2.74. The molecule has 0 atom stereocenters. The number of nitrogens with zero attached hydrogens (tertiary/aromatic N) is 1. The number of hydrazone groups is 1. The first-order valence-corrected chi connectivity index (χ1v) is 10.9. The maximum absolute atomic E-state index is 12.6. The molecule has 0 bridgehead atoms. The summed E-state index contributed by atoms with van der Waals surface area (Å²) in [6.45, 7) is 3.63. The summed E-state index contributed by atoms with van der Waals surface area (Å²) in [5.41, 5.74) is 5.00. The van der Waals surface area contributed by atoms with Gasteiger partial charge in [0.1, 0.15) is 5.75 Å². The third-order valence-electron chi connectivity index (χ3n) is 4.55. The van der Waals surface area contributed by atoms with Crippen molar-refractivity contribution in [2.24, 2.45) is 5.10 Å². The Bertz CT molecular complexity index is 1260. The first kappa shape index (κ1) is 24.2. The molecular weight excluding hydrogens is 510 g/mol. The van der Waals surface area contributed by atoms with Crippen LogP contribution in [0.25, 0.3) is 0 Å². The number of ether oxygens (including phenoxy) is 1. The molecule has 3 rings (SSSR count). The van der Waals surface area contributed by atoms with Crippen LogP contribution in [0.15, 0.2) is 70.2 Å². The smallest absolute Gasteiger partial charge is 0.343 e. The predicted molar refractivity (Wildman–Crippen MR) is 131 cm³/mol. The molecule has 2 N–H and O–H groups in total. The third kappa shape index (κ3) is 6.50. The van der Waals surface area contributed by atoms with Crippen LogP contribution in [0.3, 0.4) is 0 Å². The molecule has 0 unspecified atom stereocenters. The van der Waals surface area contributed by atoms with Crippen molar-refractivity contribution in [2.75, 3.05) is 5.32 Å². The van der Waals surface area contributed by atoms with Gasteiger partial charge >= 0.3 is 17.8 Å². The molecule has 3 aromatic carbocycles. The zero-order chi connectivity index (χ0) is 24.0. The standard InChI is InChI=1S/C24H19BrClN3O4/c1-14-5-3-4-6-19(14)24(32)33-21-10-8-17(25)11-16(21)13-27-29-23(31)22(30)28-18-9-7-15(2)20(26)12-18/h3-13H,1-2H3,(H,28,30)(H,29,31)/b27-13+. The number of hydrogen-bond acceptors (Lipinski definition) is 5. The Morgan fingerprint density at radius 1 is 0.970 bits per heavy atom. The number of esters is 1. The fraction of sp³-hybridized carbons (Fsp3) is 0.0833.